The number of fused-ring (bicyclic) bond motifs is 1. The molecular formula is C32H33ClN2O7S. The molecule has 0 aliphatic carbocycles. The Morgan fingerprint density at radius 1 is 0.860 bits per heavy atom. The Balaban J connectivity index is 1.82. The summed E-state index contributed by atoms with van der Waals surface area (Å²) in [5.41, 5.74) is 3.17. The van der Waals surface area contributed by atoms with Crippen molar-refractivity contribution in [1.29, 1.82) is 0 Å². The summed E-state index contributed by atoms with van der Waals surface area (Å²) in [6, 6.07) is 20.6. The lowest BCUT2D eigenvalue weighted by Gasteiger charge is -2.22. The molecule has 0 heterocycles. The van der Waals surface area contributed by atoms with Crippen LogP contribution in [0.15, 0.2) is 77.7 Å². The SMILES string of the molecule is COC(=O)Cc1ccc(NS(=O)(=O)c2cc(Cc3ccc(Cl)cc3)c(N[C@@H](C)CC(=O)OC)c3ccccc23)c(OC)c1. The number of esters is 2. The zero-order chi connectivity index (χ0) is 31.1. The molecule has 11 heteroatoms. The van der Waals surface area contributed by atoms with Gasteiger partial charge < -0.3 is 19.5 Å². The van der Waals surface area contributed by atoms with Crippen molar-refractivity contribution < 1.29 is 32.2 Å². The molecular weight excluding hydrogens is 592 g/mol. The van der Waals surface area contributed by atoms with E-state index < -0.39 is 16.0 Å². The molecule has 226 valence electrons. The van der Waals surface area contributed by atoms with Crippen molar-refractivity contribution in [3.8, 4) is 5.75 Å². The molecule has 4 rings (SSSR count). The highest BCUT2D eigenvalue weighted by molar-refractivity contribution is 7.93. The number of anilines is 2. The van der Waals surface area contributed by atoms with Gasteiger partial charge in [-0.1, -0.05) is 54.1 Å². The minimum absolute atomic E-state index is 0.0153. The van der Waals surface area contributed by atoms with Gasteiger partial charge in [0.2, 0.25) is 0 Å². The number of carbonyl (C=O) groups is 2. The van der Waals surface area contributed by atoms with Crippen LogP contribution in [0.3, 0.4) is 0 Å². The van der Waals surface area contributed by atoms with E-state index in [-0.39, 0.29) is 41.2 Å². The van der Waals surface area contributed by atoms with Crippen LogP contribution in [0.5, 0.6) is 5.75 Å². The van der Waals surface area contributed by atoms with Gasteiger partial charge in [-0.2, -0.15) is 0 Å². The summed E-state index contributed by atoms with van der Waals surface area (Å²) >= 11 is 6.11. The molecule has 4 aromatic carbocycles. The van der Waals surface area contributed by atoms with Crippen molar-refractivity contribution in [1.82, 2.24) is 0 Å². The standard InChI is InChI=1S/C32H33ClN2O7S/c1-20(15-30(36)41-3)34-32-23(16-21-9-12-24(33)13-10-21)19-29(25-7-5-6-8-26(25)32)43(38,39)35-27-14-11-22(17-28(27)40-2)18-31(37)42-4/h5-14,17,19-20,34-35H,15-16,18H2,1-4H3/t20-/m0/s1. The molecule has 0 radical (unpaired) electrons. The lowest BCUT2D eigenvalue weighted by atomic mass is 9.97. The van der Waals surface area contributed by atoms with Crippen LogP contribution in [-0.4, -0.2) is 47.7 Å². The van der Waals surface area contributed by atoms with Crippen LogP contribution >= 0.6 is 11.6 Å². The first-order valence-corrected chi connectivity index (χ1v) is 15.3. The number of ether oxygens (including phenoxy) is 3. The second kappa shape index (κ2) is 13.8. The third-order valence-electron chi connectivity index (χ3n) is 6.86. The number of halogens is 1. The van der Waals surface area contributed by atoms with Gasteiger partial charge in [-0.25, -0.2) is 8.42 Å². The van der Waals surface area contributed by atoms with Crippen LogP contribution in [0, 0.1) is 0 Å². The maximum absolute atomic E-state index is 14.0. The predicted octanol–water partition coefficient (Wildman–Crippen LogP) is 5.97. The van der Waals surface area contributed by atoms with E-state index in [1.54, 1.807) is 48.5 Å². The molecule has 2 N–H and O–H groups in total. The smallest absolute Gasteiger partial charge is 0.309 e. The second-order valence-corrected chi connectivity index (χ2v) is 12.1. The molecule has 4 aromatic rings. The Labute approximate surface area is 256 Å². The van der Waals surface area contributed by atoms with Gasteiger partial charge in [-0.05, 0) is 60.4 Å². The van der Waals surface area contributed by atoms with E-state index in [0.717, 1.165) is 5.56 Å². The average Bonchev–Trinajstić information content (AvgIpc) is 2.99. The number of benzene rings is 4. The highest BCUT2D eigenvalue weighted by Crippen LogP contribution is 2.37. The van der Waals surface area contributed by atoms with E-state index in [4.69, 9.17) is 25.8 Å². The minimum Gasteiger partial charge on any atom is -0.495 e. The van der Waals surface area contributed by atoms with Crippen molar-refractivity contribution in [3.63, 3.8) is 0 Å². The molecule has 0 spiro atoms. The van der Waals surface area contributed by atoms with Crippen molar-refractivity contribution in [2.24, 2.45) is 0 Å². The van der Waals surface area contributed by atoms with E-state index in [1.165, 1.54) is 21.3 Å². The molecule has 0 amide bonds. The Hall–Kier alpha value is -4.28. The summed E-state index contributed by atoms with van der Waals surface area (Å²) in [7, 11) is -0.0883. The number of hydrogen-bond donors (Lipinski definition) is 2. The van der Waals surface area contributed by atoms with Crippen LogP contribution < -0.4 is 14.8 Å². The fourth-order valence-electron chi connectivity index (χ4n) is 4.75. The quantitative estimate of drug-likeness (QED) is 0.185. The largest absolute Gasteiger partial charge is 0.495 e. The molecule has 0 saturated heterocycles. The third-order valence-corrected chi connectivity index (χ3v) is 8.52. The highest BCUT2D eigenvalue weighted by Gasteiger charge is 2.24. The normalized spacial score (nSPS) is 11.9. The summed E-state index contributed by atoms with van der Waals surface area (Å²) in [6.07, 6.45) is 0.531. The van der Waals surface area contributed by atoms with Gasteiger partial charge in [0.05, 0.1) is 44.8 Å². The monoisotopic (exact) mass is 624 g/mol. The molecule has 1 atom stereocenters. The Morgan fingerprint density at radius 3 is 2.16 bits per heavy atom. The van der Waals surface area contributed by atoms with E-state index >= 15 is 0 Å². The molecule has 0 unspecified atom stereocenters. The first-order chi connectivity index (χ1) is 20.5. The number of rotatable bonds is 12. The van der Waals surface area contributed by atoms with E-state index in [0.29, 0.717) is 39.0 Å². The molecule has 0 aromatic heterocycles. The van der Waals surface area contributed by atoms with Gasteiger partial charge in [0.25, 0.3) is 10.0 Å². The highest BCUT2D eigenvalue weighted by atomic mass is 35.5. The molecule has 9 nitrogen and oxygen atoms in total. The van der Waals surface area contributed by atoms with Gasteiger partial charge in [-0.15, -0.1) is 0 Å². The van der Waals surface area contributed by atoms with Crippen molar-refractivity contribution in [2.75, 3.05) is 31.4 Å². The zero-order valence-corrected chi connectivity index (χ0v) is 25.8. The van der Waals surface area contributed by atoms with Crippen LogP contribution in [0.25, 0.3) is 10.8 Å². The van der Waals surface area contributed by atoms with E-state index in [9.17, 15) is 18.0 Å². The van der Waals surface area contributed by atoms with Gasteiger partial charge in [0.15, 0.2) is 0 Å². The Kier molecular flexibility index (Phi) is 10.2. The summed E-state index contributed by atoms with van der Waals surface area (Å²) in [6.45, 7) is 1.86. The number of methoxy groups -OCH3 is 3. The predicted molar refractivity (Wildman–Crippen MR) is 167 cm³/mol. The Morgan fingerprint density at radius 2 is 1.51 bits per heavy atom. The topological polar surface area (TPSA) is 120 Å². The van der Waals surface area contributed by atoms with Crippen LogP contribution in [0.1, 0.15) is 30.0 Å². The fraction of sp³-hybridized carbons (Fsp3) is 0.250. The number of carbonyl (C=O) groups excluding carboxylic acids is 2. The molecule has 0 saturated carbocycles. The van der Waals surface area contributed by atoms with Crippen molar-refractivity contribution in [3.05, 3.63) is 94.5 Å². The summed E-state index contributed by atoms with van der Waals surface area (Å²) in [5.74, 6) is -0.534. The lowest BCUT2D eigenvalue weighted by Crippen LogP contribution is -2.22. The van der Waals surface area contributed by atoms with E-state index in [1.807, 2.05) is 31.2 Å². The number of hydrogen-bond acceptors (Lipinski definition) is 8. The summed E-state index contributed by atoms with van der Waals surface area (Å²) in [4.78, 5) is 23.8. The summed E-state index contributed by atoms with van der Waals surface area (Å²) in [5, 5.41) is 5.18. The first kappa shape index (κ1) is 31.7. The van der Waals surface area contributed by atoms with Crippen molar-refractivity contribution in [2.45, 2.75) is 37.1 Å². The van der Waals surface area contributed by atoms with Crippen LogP contribution in [0.4, 0.5) is 11.4 Å². The van der Waals surface area contributed by atoms with Gasteiger partial charge >= 0.3 is 11.9 Å². The minimum atomic E-state index is -4.15. The molecule has 43 heavy (non-hydrogen) atoms. The van der Waals surface area contributed by atoms with Crippen LogP contribution in [0.2, 0.25) is 5.02 Å². The second-order valence-electron chi connectivity index (χ2n) is 9.98. The fourth-order valence-corrected chi connectivity index (χ4v) is 6.21. The van der Waals surface area contributed by atoms with Gasteiger partial charge in [0.1, 0.15) is 5.75 Å². The lowest BCUT2D eigenvalue weighted by molar-refractivity contribution is -0.141. The van der Waals surface area contributed by atoms with Crippen molar-refractivity contribution >= 4 is 55.7 Å². The molecule has 0 fully saturated rings. The molecule has 0 aliphatic heterocycles. The molecule has 0 bridgehead atoms. The van der Waals surface area contributed by atoms with Crippen LogP contribution in [-0.2, 0) is 41.9 Å². The third kappa shape index (κ3) is 7.77. The Bertz CT molecular complexity index is 1740. The van der Waals surface area contributed by atoms with E-state index in [2.05, 4.69) is 10.0 Å². The number of nitrogens with one attached hydrogen (secondary N) is 2. The average molecular weight is 625 g/mol. The number of sulfonamides is 1. The summed E-state index contributed by atoms with van der Waals surface area (Å²) < 4.78 is 45.7. The van der Waals surface area contributed by atoms with Gasteiger partial charge in [0, 0.05) is 27.5 Å². The zero-order valence-electron chi connectivity index (χ0n) is 24.3. The first-order valence-electron chi connectivity index (χ1n) is 13.4. The maximum atomic E-state index is 14.0. The maximum Gasteiger partial charge on any atom is 0.309 e. The van der Waals surface area contributed by atoms with Gasteiger partial charge in [-0.3, -0.25) is 14.3 Å². The molecule has 0 aliphatic rings.